The van der Waals surface area contributed by atoms with Gasteiger partial charge in [-0.2, -0.15) is 15.6 Å². The van der Waals surface area contributed by atoms with Crippen LogP contribution in [0.25, 0.3) is 0 Å². The fourth-order valence-corrected chi connectivity index (χ4v) is 0.920. The van der Waals surface area contributed by atoms with E-state index in [-0.39, 0.29) is 23.8 Å². The molecule has 0 unspecified atom stereocenters. The van der Waals surface area contributed by atoms with Gasteiger partial charge in [0.15, 0.2) is 11.5 Å². The third-order valence-corrected chi connectivity index (χ3v) is 1.45. The highest BCUT2D eigenvalue weighted by Gasteiger charge is 2.14. The molecule has 2 N–H and O–H groups in total. The lowest BCUT2D eigenvalue weighted by Crippen LogP contribution is -2.04. The second-order valence-electron chi connectivity index (χ2n) is 2.25. The molecule has 0 aromatic carbocycles. The van der Waals surface area contributed by atoms with Gasteiger partial charge in [0.25, 0.3) is 0 Å². The molecule has 0 bridgehead atoms. The third-order valence-electron chi connectivity index (χ3n) is 1.45. The summed E-state index contributed by atoms with van der Waals surface area (Å²) >= 11 is 0. The van der Waals surface area contributed by atoms with Crippen LogP contribution in [-0.4, -0.2) is 16.9 Å². The molecule has 0 fully saturated rings. The maximum Gasteiger partial charge on any atom is 0.165 e. The van der Waals surface area contributed by atoms with Crippen molar-refractivity contribution in [2.75, 3.05) is 12.8 Å². The van der Waals surface area contributed by atoms with Gasteiger partial charge in [-0.05, 0) is 0 Å². The van der Waals surface area contributed by atoms with E-state index in [0.717, 1.165) is 0 Å². The zero-order chi connectivity index (χ0) is 9.84. The lowest BCUT2D eigenvalue weighted by atomic mass is 10.2. The SMILES string of the molecule is COCn1nc(N)c(C#N)c1C#N. The molecule has 6 heteroatoms. The van der Waals surface area contributed by atoms with E-state index in [1.165, 1.54) is 11.8 Å². The largest absolute Gasteiger partial charge is 0.381 e. The monoisotopic (exact) mass is 177 g/mol. The Morgan fingerprint density at radius 2 is 2.23 bits per heavy atom. The number of aromatic nitrogens is 2. The van der Waals surface area contributed by atoms with Crippen LogP contribution in [0.15, 0.2) is 0 Å². The average molecular weight is 177 g/mol. The molecule has 0 atom stereocenters. The van der Waals surface area contributed by atoms with Crippen LogP contribution in [0.2, 0.25) is 0 Å². The number of methoxy groups -OCH3 is 1. The smallest absolute Gasteiger partial charge is 0.165 e. The summed E-state index contributed by atoms with van der Waals surface area (Å²) in [5.74, 6) is 0.0519. The minimum absolute atomic E-state index is 0.0519. The predicted octanol–water partition coefficient (Wildman–Crippen LogP) is -0.187. The highest BCUT2D eigenvalue weighted by Crippen LogP contribution is 2.13. The normalized spacial score (nSPS) is 9.15. The molecular formula is C7H7N5O. The van der Waals surface area contributed by atoms with E-state index in [4.69, 9.17) is 21.0 Å². The lowest BCUT2D eigenvalue weighted by molar-refractivity contribution is 0.120. The Morgan fingerprint density at radius 3 is 2.69 bits per heavy atom. The molecule has 0 saturated carbocycles. The number of nitrogens with two attached hydrogens (primary N) is 1. The Balaban J connectivity index is 3.26. The number of nitriles is 2. The van der Waals surface area contributed by atoms with Crippen molar-refractivity contribution in [3.63, 3.8) is 0 Å². The lowest BCUT2D eigenvalue weighted by Gasteiger charge is -1.98. The van der Waals surface area contributed by atoms with Crippen LogP contribution in [0.3, 0.4) is 0 Å². The molecule has 1 heterocycles. The summed E-state index contributed by atoms with van der Waals surface area (Å²) in [7, 11) is 1.46. The Kier molecular flexibility index (Phi) is 2.48. The number of nitrogen functional groups attached to an aromatic ring is 1. The summed E-state index contributed by atoms with van der Waals surface area (Å²) in [5.41, 5.74) is 5.62. The Hall–Kier alpha value is -2.05. The summed E-state index contributed by atoms with van der Waals surface area (Å²) in [6, 6.07) is 3.65. The van der Waals surface area contributed by atoms with Crippen molar-refractivity contribution < 1.29 is 4.74 Å². The zero-order valence-corrected chi connectivity index (χ0v) is 6.98. The Morgan fingerprint density at radius 1 is 1.54 bits per heavy atom. The van der Waals surface area contributed by atoms with E-state index in [0.29, 0.717) is 0 Å². The van der Waals surface area contributed by atoms with Crippen molar-refractivity contribution >= 4 is 5.82 Å². The van der Waals surface area contributed by atoms with Gasteiger partial charge in [-0.1, -0.05) is 0 Å². The second kappa shape index (κ2) is 3.57. The number of anilines is 1. The van der Waals surface area contributed by atoms with E-state index in [9.17, 15) is 0 Å². The van der Waals surface area contributed by atoms with Gasteiger partial charge >= 0.3 is 0 Å². The molecule has 13 heavy (non-hydrogen) atoms. The van der Waals surface area contributed by atoms with Gasteiger partial charge < -0.3 is 10.5 Å². The van der Waals surface area contributed by atoms with Crippen molar-refractivity contribution in [2.24, 2.45) is 0 Å². The molecular weight excluding hydrogens is 170 g/mol. The third kappa shape index (κ3) is 1.43. The molecule has 1 aromatic heterocycles. The summed E-state index contributed by atoms with van der Waals surface area (Å²) < 4.78 is 6.01. The quantitative estimate of drug-likeness (QED) is 0.674. The number of ether oxygens (including phenoxy) is 1. The van der Waals surface area contributed by atoms with Gasteiger partial charge in [-0.3, -0.25) is 0 Å². The van der Waals surface area contributed by atoms with Gasteiger partial charge in [0.2, 0.25) is 0 Å². The standard InChI is InChI=1S/C7H7N5O/c1-13-4-12-6(3-9)5(2-8)7(10)11-12/h4H2,1H3,(H2,10,11). The van der Waals surface area contributed by atoms with Gasteiger partial charge in [0, 0.05) is 7.11 Å². The maximum atomic E-state index is 8.70. The van der Waals surface area contributed by atoms with Gasteiger partial charge in [-0.25, -0.2) is 4.68 Å². The van der Waals surface area contributed by atoms with E-state index in [2.05, 4.69) is 5.10 Å². The molecule has 0 spiro atoms. The molecule has 0 aliphatic rings. The van der Waals surface area contributed by atoms with E-state index in [1.807, 2.05) is 12.1 Å². The summed E-state index contributed by atoms with van der Waals surface area (Å²) in [4.78, 5) is 0. The first-order valence-electron chi connectivity index (χ1n) is 3.40. The van der Waals surface area contributed by atoms with Crippen LogP contribution in [0, 0.1) is 22.7 Å². The van der Waals surface area contributed by atoms with E-state index in [1.54, 1.807) is 0 Å². The van der Waals surface area contributed by atoms with Crippen LogP contribution >= 0.6 is 0 Å². The minimum atomic E-state index is 0.0519. The molecule has 6 nitrogen and oxygen atoms in total. The van der Waals surface area contributed by atoms with Crippen molar-refractivity contribution in [2.45, 2.75) is 6.73 Å². The molecule has 0 aliphatic carbocycles. The first-order chi connectivity index (χ1) is 6.24. The molecule has 0 radical (unpaired) electrons. The zero-order valence-electron chi connectivity index (χ0n) is 6.98. The first kappa shape index (κ1) is 9.04. The number of rotatable bonds is 2. The molecule has 0 aliphatic heterocycles. The number of nitrogens with zero attached hydrogens (tertiary/aromatic N) is 4. The van der Waals surface area contributed by atoms with Crippen LogP contribution < -0.4 is 5.73 Å². The minimum Gasteiger partial charge on any atom is -0.381 e. The van der Waals surface area contributed by atoms with E-state index >= 15 is 0 Å². The average Bonchev–Trinajstić information content (AvgIpc) is 2.41. The molecule has 0 saturated heterocycles. The fourth-order valence-electron chi connectivity index (χ4n) is 0.920. The van der Waals surface area contributed by atoms with E-state index < -0.39 is 0 Å². The number of hydrogen-bond donors (Lipinski definition) is 1. The van der Waals surface area contributed by atoms with Crippen molar-refractivity contribution in [1.29, 1.82) is 10.5 Å². The number of hydrogen-bond acceptors (Lipinski definition) is 5. The van der Waals surface area contributed by atoms with Gasteiger partial charge in [-0.15, -0.1) is 0 Å². The highest BCUT2D eigenvalue weighted by atomic mass is 16.5. The van der Waals surface area contributed by atoms with Crippen LogP contribution in [0.1, 0.15) is 11.3 Å². The summed E-state index contributed by atoms with van der Waals surface area (Å²) in [5, 5.41) is 21.1. The summed E-state index contributed by atoms with van der Waals surface area (Å²) in [6.07, 6.45) is 0. The van der Waals surface area contributed by atoms with Crippen molar-refractivity contribution in [1.82, 2.24) is 9.78 Å². The second-order valence-corrected chi connectivity index (χ2v) is 2.25. The van der Waals surface area contributed by atoms with Crippen molar-refractivity contribution in [3.8, 4) is 12.1 Å². The highest BCUT2D eigenvalue weighted by molar-refractivity contribution is 5.55. The topological polar surface area (TPSA) is 101 Å². The van der Waals surface area contributed by atoms with Gasteiger partial charge in [0.05, 0.1) is 0 Å². The summed E-state index contributed by atoms with van der Waals surface area (Å²) in [6.45, 7) is 0.106. The molecule has 0 amide bonds. The molecule has 1 rings (SSSR count). The van der Waals surface area contributed by atoms with Crippen LogP contribution in [-0.2, 0) is 11.5 Å². The fraction of sp³-hybridized carbons (Fsp3) is 0.286. The predicted molar refractivity (Wildman–Crippen MR) is 43.1 cm³/mol. The van der Waals surface area contributed by atoms with Crippen LogP contribution in [0.5, 0.6) is 0 Å². The van der Waals surface area contributed by atoms with Crippen LogP contribution in [0.4, 0.5) is 5.82 Å². The van der Waals surface area contributed by atoms with Crippen molar-refractivity contribution in [3.05, 3.63) is 11.3 Å². The first-order valence-corrected chi connectivity index (χ1v) is 3.40. The van der Waals surface area contributed by atoms with Gasteiger partial charge in [0.1, 0.15) is 24.4 Å². The maximum absolute atomic E-state index is 8.70. The molecule has 66 valence electrons. The Labute approximate surface area is 74.7 Å². The molecule has 1 aromatic rings. The Bertz CT molecular complexity index is 394.